The third kappa shape index (κ3) is 11.9. The van der Waals surface area contributed by atoms with Crippen LogP contribution >= 0.6 is 0 Å². The van der Waals surface area contributed by atoms with E-state index >= 15 is 0 Å². The number of rotatable bonds is 17. The Balaban J connectivity index is 4.25. The molecule has 1 unspecified atom stereocenters. The first-order valence-corrected chi connectivity index (χ1v) is 10.5. The van der Waals surface area contributed by atoms with Crippen molar-refractivity contribution in [1.82, 2.24) is 4.90 Å². The van der Waals surface area contributed by atoms with Crippen molar-refractivity contribution in [1.29, 1.82) is 0 Å². The van der Waals surface area contributed by atoms with Gasteiger partial charge in [-0.15, -0.1) is 0 Å². The highest BCUT2D eigenvalue weighted by molar-refractivity contribution is 5.73. The molecule has 3 nitrogen and oxygen atoms in total. The Hall–Kier alpha value is -0.570. The Morgan fingerprint density at radius 2 is 1.12 bits per heavy atom. The molecule has 0 aliphatic rings. The van der Waals surface area contributed by atoms with E-state index in [1.165, 1.54) is 64.2 Å². The minimum Gasteiger partial charge on any atom is -0.480 e. The van der Waals surface area contributed by atoms with Gasteiger partial charge in [0.15, 0.2) is 0 Å². The molecule has 24 heavy (non-hydrogen) atoms. The van der Waals surface area contributed by atoms with Crippen LogP contribution in [0, 0.1) is 5.92 Å². The smallest absolute Gasteiger partial charge is 0.321 e. The number of carbonyl (C=O) groups is 1. The van der Waals surface area contributed by atoms with Gasteiger partial charge >= 0.3 is 5.97 Å². The third-order valence-corrected chi connectivity index (χ3v) is 4.88. The Morgan fingerprint density at radius 3 is 1.46 bits per heavy atom. The van der Waals surface area contributed by atoms with Gasteiger partial charge < -0.3 is 5.11 Å². The average Bonchev–Trinajstić information content (AvgIpc) is 2.52. The Bertz CT molecular complexity index is 276. The predicted octanol–water partition coefficient (Wildman–Crippen LogP) is 6.12. The van der Waals surface area contributed by atoms with Gasteiger partial charge in [0.2, 0.25) is 0 Å². The van der Waals surface area contributed by atoms with Crippen molar-refractivity contribution in [2.24, 2.45) is 5.92 Å². The fraction of sp³-hybridized carbons (Fsp3) is 0.952. The van der Waals surface area contributed by atoms with Crippen LogP contribution in [0.15, 0.2) is 0 Å². The molecule has 1 N–H and O–H groups in total. The molecule has 0 saturated heterocycles. The summed E-state index contributed by atoms with van der Waals surface area (Å²) in [5, 5.41) is 9.62. The van der Waals surface area contributed by atoms with Gasteiger partial charge in [-0.1, -0.05) is 91.9 Å². The number of aliphatic carboxylic acids is 1. The summed E-state index contributed by atoms with van der Waals surface area (Å²) in [6.07, 6.45) is 15.2. The molecular weight excluding hydrogens is 298 g/mol. The second-order valence-corrected chi connectivity index (χ2v) is 7.60. The molecule has 0 fully saturated rings. The number of hydrogen-bond acceptors (Lipinski definition) is 2. The van der Waals surface area contributed by atoms with Crippen molar-refractivity contribution in [3.8, 4) is 0 Å². The topological polar surface area (TPSA) is 40.5 Å². The molecule has 1 atom stereocenters. The molecule has 0 bridgehead atoms. The molecule has 0 heterocycles. The van der Waals surface area contributed by atoms with Crippen LogP contribution in [0.4, 0.5) is 0 Å². The third-order valence-electron chi connectivity index (χ3n) is 4.88. The Morgan fingerprint density at radius 1 is 0.750 bits per heavy atom. The zero-order valence-electron chi connectivity index (χ0n) is 16.9. The summed E-state index contributed by atoms with van der Waals surface area (Å²) < 4.78 is 0. The molecule has 0 aliphatic carbocycles. The zero-order valence-corrected chi connectivity index (χ0v) is 16.9. The van der Waals surface area contributed by atoms with Gasteiger partial charge in [-0.2, -0.15) is 0 Å². The van der Waals surface area contributed by atoms with Crippen LogP contribution < -0.4 is 0 Å². The zero-order chi connectivity index (χ0) is 18.2. The van der Waals surface area contributed by atoms with Gasteiger partial charge in [-0.3, -0.25) is 9.69 Å². The van der Waals surface area contributed by atoms with E-state index in [1.54, 1.807) is 0 Å². The number of carboxylic acid groups (broad SMARTS) is 1. The molecular formula is C21H43NO2. The van der Waals surface area contributed by atoms with Gasteiger partial charge in [-0.25, -0.2) is 0 Å². The maximum atomic E-state index is 11.7. The van der Waals surface area contributed by atoms with Crippen LogP contribution in [0.1, 0.15) is 105 Å². The fourth-order valence-corrected chi connectivity index (χ4v) is 3.44. The molecule has 0 aromatic rings. The molecule has 0 aliphatic heterocycles. The summed E-state index contributed by atoms with van der Waals surface area (Å²) in [6.45, 7) is 10.4. The number of carboxylic acids is 1. The van der Waals surface area contributed by atoms with Crippen molar-refractivity contribution < 1.29 is 9.90 Å². The van der Waals surface area contributed by atoms with Crippen molar-refractivity contribution in [2.45, 2.75) is 111 Å². The van der Waals surface area contributed by atoms with Crippen molar-refractivity contribution in [3.05, 3.63) is 0 Å². The molecule has 0 radical (unpaired) electrons. The van der Waals surface area contributed by atoms with Crippen LogP contribution in [0.25, 0.3) is 0 Å². The maximum absolute atomic E-state index is 11.7. The summed E-state index contributed by atoms with van der Waals surface area (Å²) in [4.78, 5) is 13.9. The summed E-state index contributed by atoms with van der Waals surface area (Å²) in [5.41, 5.74) is 0. The predicted molar refractivity (Wildman–Crippen MR) is 105 cm³/mol. The molecule has 0 amide bonds. The molecule has 0 rings (SSSR count). The monoisotopic (exact) mass is 341 g/mol. The van der Waals surface area contributed by atoms with Gasteiger partial charge in [0.1, 0.15) is 6.04 Å². The Labute approximate surface area is 151 Å². The molecule has 144 valence electrons. The highest BCUT2D eigenvalue weighted by Gasteiger charge is 2.27. The van der Waals surface area contributed by atoms with Crippen LogP contribution in [0.5, 0.6) is 0 Å². The molecule has 3 heteroatoms. The highest BCUT2D eigenvalue weighted by Crippen LogP contribution is 2.16. The summed E-state index contributed by atoms with van der Waals surface area (Å²) in [5.74, 6) is -0.482. The molecule has 0 saturated carbocycles. The van der Waals surface area contributed by atoms with E-state index in [2.05, 4.69) is 18.7 Å². The summed E-state index contributed by atoms with van der Waals surface area (Å²) in [7, 11) is 0. The molecule has 0 spiro atoms. The van der Waals surface area contributed by atoms with Gasteiger partial charge in [-0.05, 0) is 31.8 Å². The summed E-state index contributed by atoms with van der Waals surface area (Å²) >= 11 is 0. The van der Waals surface area contributed by atoms with E-state index in [9.17, 15) is 9.90 Å². The van der Waals surface area contributed by atoms with Gasteiger partial charge in [0, 0.05) is 0 Å². The minimum absolute atomic E-state index is 0.169. The first kappa shape index (κ1) is 23.4. The number of nitrogens with zero attached hydrogens (tertiary/aromatic N) is 1. The van der Waals surface area contributed by atoms with Gasteiger partial charge in [0.25, 0.3) is 0 Å². The lowest BCUT2D eigenvalue weighted by molar-refractivity contribution is -0.145. The minimum atomic E-state index is -0.651. The highest BCUT2D eigenvalue weighted by atomic mass is 16.4. The first-order valence-electron chi connectivity index (χ1n) is 10.5. The molecule has 0 aromatic carbocycles. The van der Waals surface area contributed by atoms with Gasteiger partial charge in [0.05, 0.1) is 0 Å². The van der Waals surface area contributed by atoms with Crippen molar-refractivity contribution in [3.63, 3.8) is 0 Å². The number of unbranched alkanes of at least 4 members (excludes halogenated alkanes) is 10. The van der Waals surface area contributed by atoms with Crippen LogP contribution in [0.2, 0.25) is 0 Å². The lowest BCUT2D eigenvalue weighted by Crippen LogP contribution is -2.45. The quantitative estimate of drug-likeness (QED) is 0.324. The second-order valence-electron chi connectivity index (χ2n) is 7.60. The SMILES string of the molecule is CCCCCCCCN(CCCCCCCC)C(C(=O)O)C(C)C. The fourth-order valence-electron chi connectivity index (χ4n) is 3.44. The Kier molecular flexibility index (Phi) is 15.6. The van der Waals surface area contributed by atoms with E-state index in [0.29, 0.717) is 0 Å². The van der Waals surface area contributed by atoms with E-state index < -0.39 is 5.97 Å². The van der Waals surface area contributed by atoms with E-state index in [4.69, 9.17) is 0 Å². The molecule has 0 aromatic heterocycles. The van der Waals surface area contributed by atoms with E-state index in [1.807, 2.05) is 13.8 Å². The first-order chi connectivity index (χ1) is 11.5. The lowest BCUT2D eigenvalue weighted by Gasteiger charge is -2.31. The lowest BCUT2D eigenvalue weighted by atomic mass is 10.0. The van der Waals surface area contributed by atoms with Crippen LogP contribution in [0.3, 0.4) is 0 Å². The second kappa shape index (κ2) is 15.9. The van der Waals surface area contributed by atoms with Crippen molar-refractivity contribution in [2.75, 3.05) is 13.1 Å². The maximum Gasteiger partial charge on any atom is 0.321 e. The summed E-state index contributed by atoms with van der Waals surface area (Å²) in [6, 6.07) is -0.323. The average molecular weight is 342 g/mol. The van der Waals surface area contributed by atoms with Crippen LogP contribution in [-0.2, 0) is 4.79 Å². The largest absolute Gasteiger partial charge is 0.480 e. The normalized spacial score (nSPS) is 12.9. The standard InChI is InChI=1S/C21H43NO2/c1-5-7-9-11-13-15-17-22(20(19(3)4)21(23)24)18-16-14-12-10-8-6-2/h19-20H,5-18H2,1-4H3,(H,23,24). The van der Waals surface area contributed by atoms with Crippen molar-refractivity contribution >= 4 is 5.97 Å². The van der Waals surface area contributed by atoms with E-state index in [-0.39, 0.29) is 12.0 Å². The van der Waals surface area contributed by atoms with E-state index in [0.717, 1.165) is 25.9 Å². The van der Waals surface area contributed by atoms with Crippen LogP contribution in [-0.4, -0.2) is 35.1 Å². The number of hydrogen-bond donors (Lipinski definition) is 1.